The van der Waals surface area contributed by atoms with Gasteiger partial charge in [-0.25, -0.2) is 13.9 Å². The van der Waals surface area contributed by atoms with Crippen LogP contribution in [0.3, 0.4) is 0 Å². The minimum absolute atomic E-state index is 0.201. The number of carbonyl (C=O) groups excluding carboxylic acids is 1. The maximum absolute atomic E-state index is 13.2. The summed E-state index contributed by atoms with van der Waals surface area (Å²) >= 11 is 2.81. The summed E-state index contributed by atoms with van der Waals surface area (Å²) in [5.41, 5.74) is 2.49. The average molecular weight is 466 g/mol. The Morgan fingerprint density at radius 1 is 1.09 bits per heavy atom. The van der Waals surface area contributed by atoms with Crippen LogP contribution >= 0.6 is 22.7 Å². The molecule has 1 amide bonds. The van der Waals surface area contributed by atoms with Gasteiger partial charge in [0.05, 0.1) is 12.1 Å². The number of rotatable bonds is 5. The summed E-state index contributed by atoms with van der Waals surface area (Å²) in [6.45, 7) is 3.90. The molecule has 5 rings (SSSR count). The zero-order valence-corrected chi connectivity index (χ0v) is 19.0. The molecule has 0 fully saturated rings. The number of thiophene rings is 2. The monoisotopic (exact) mass is 465 g/mol. The third kappa shape index (κ3) is 3.47. The molecular weight excluding hydrogens is 446 g/mol. The zero-order valence-electron chi connectivity index (χ0n) is 17.4. The number of nitrogens with zero attached hydrogens (tertiary/aromatic N) is 4. The second-order valence-corrected chi connectivity index (χ2v) is 9.50. The molecule has 162 valence electrons. The van der Waals surface area contributed by atoms with Crippen molar-refractivity contribution in [1.82, 2.24) is 18.7 Å². The molecule has 32 heavy (non-hydrogen) atoms. The van der Waals surface area contributed by atoms with Crippen molar-refractivity contribution in [3.63, 3.8) is 0 Å². The van der Waals surface area contributed by atoms with Crippen molar-refractivity contribution in [2.24, 2.45) is 0 Å². The summed E-state index contributed by atoms with van der Waals surface area (Å²) in [6, 6.07) is 11.4. The predicted molar refractivity (Wildman–Crippen MR) is 127 cm³/mol. The molecule has 0 unspecified atom stereocenters. The smallest absolute Gasteiger partial charge is 0.324 e. The minimum atomic E-state index is -0.459. The van der Waals surface area contributed by atoms with Gasteiger partial charge in [-0.3, -0.25) is 14.2 Å². The molecule has 4 heterocycles. The van der Waals surface area contributed by atoms with Crippen molar-refractivity contribution in [2.75, 3.05) is 5.32 Å². The molecule has 0 saturated carbocycles. The van der Waals surface area contributed by atoms with Crippen LogP contribution in [0.1, 0.15) is 16.0 Å². The van der Waals surface area contributed by atoms with Crippen molar-refractivity contribution in [2.45, 2.75) is 26.9 Å². The van der Waals surface area contributed by atoms with E-state index in [1.54, 1.807) is 11.4 Å². The van der Waals surface area contributed by atoms with Crippen LogP contribution in [0, 0.1) is 13.8 Å². The first kappa shape index (κ1) is 20.4. The van der Waals surface area contributed by atoms with Gasteiger partial charge in [0, 0.05) is 10.6 Å². The van der Waals surface area contributed by atoms with E-state index in [2.05, 4.69) is 10.4 Å². The number of aryl methyl sites for hydroxylation is 2. The largest absolute Gasteiger partial charge is 0.352 e. The number of aromatic nitrogens is 4. The standard InChI is InChI=1S/C22H19N5O3S2/c1-13-5-6-14(2)16(10-13)23-18(28)12-26-22(30)27-17-7-9-32-19(17)20(29)25(21(27)24-26)11-15-4-3-8-31-15/h3-10H,11-12H2,1-2H3,(H,23,28). The first-order valence-electron chi connectivity index (χ1n) is 9.91. The Balaban J connectivity index is 1.58. The summed E-state index contributed by atoms with van der Waals surface area (Å²) in [6.07, 6.45) is 0. The van der Waals surface area contributed by atoms with Crippen LogP contribution in [0.5, 0.6) is 0 Å². The lowest BCUT2D eigenvalue weighted by Gasteiger charge is -2.09. The first-order valence-corrected chi connectivity index (χ1v) is 11.7. The summed E-state index contributed by atoms with van der Waals surface area (Å²) in [4.78, 5) is 40.0. The third-order valence-electron chi connectivity index (χ3n) is 5.24. The molecule has 1 aromatic carbocycles. The van der Waals surface area contributed by atoms with E-state index in [-0.39, 0.29) is 23.8 Å². The van der Waals surface area contributed by atoms with Crippen molar-refractivity contribution in [3.05, 3.63) is 84.0 Å². The molecule has 0 bridgehead atoms. The number of benzene rings is 1. The molecular formula is C22H19N5O3S2. The summed E-state index contributed by atoms with van der Waals surface area (Å²) in [5.74, 6) is -0.142. The number of hydrogen-bond donors (Lipinski definition) is 1. The van der Waals surface area contributed by atoms with E-state index in [1.807, 2.05) is 49.6 Å². The molecule has 0 aliphatic heterocycles. The van der Waals surface area contributed by atoms with Crippen molar-refractivity contribution in [1.29, 1.82) is 0 Å². The second-order valence-electron chi connectivity index (χ2n) is 7.55. The van der Waals surface area contributed by atoms with E-state index in [4.69, 9.17) is 0 Å². The van der Waals surface area contributed by atoms with Crippen LogP contribution in [-0.4, -0.2) is 24.7 Å². The number of hydrogen-bond acceptors (Lipinski definition) is 6. The highest BCUT2D eigenvalue weighted by atomic mass is 32.1. The van der Waals surface area contributed by atoms with Crippen LogP contribution in [0.15, 0.2) is 56.7 Å². The highest BCUT2D eigenvalue weighted by Gasteiger charge is 2.20. The molecule has 0 aliphatic rings. The van der Waals surface area contributed by atoms with Gasteiger partial charge in [-0.2, -0.15) is 0 Å². The first-order chi connectivity index (χ1) is 15.4. The molecule has 1 N–H and O–H groups in total. The quantitative estimate of drug-likeness (QED) is 0.432. The Bertz CT molecular complexity index is 1590. The van der Waals surface area contributed by atoms with Gasteiger partial charge in [0.15, 0.2) is 0 Å². The molecule has 10 heteroatoms. The van der Waals surface area contributed by atoms with E-state index in [0.29, 0.717) is 22.4 Å². The Hall–Kier alpha value is -3.50. The Labute approximate surface area is 190 Å². The molecule has 0 radical (unpaired) electrons. The van der Waals surface area contributed by atoms with E-state index in [1.165, 1.54) is 31.6 Å². The SMILES string of the molecule is Cc1ccc(C)c(NC(=O)Cn2nc3n(Cc4cccs4)c(=O)c4sccc4n3c2=O)c1. The van der Waals surface area contributed by atoms with Gasteiger partial charge < -0.3 is 5.32 Å². The number of anilines is 1. The van der Waals surface area contributed by atoms with Crippen molar-refractivity contribution >= 4 is 50.3 Å². The Kier molecular flexibility index (Phi) is 5.03. The maximum atomic E-state index is 13.2. The lowest BCUT2D eigenvalue weighted by Crippen LogP contribution is -2.29. The minimum Gasteiger partial charge on any atom is -0.324 e. The molecule has 0 spiro atoms. The average Bonchev–Trinajstić information content (AvgIpc) is 3.49. The fraction of sp³-hybridized carbons (Fsp3) is 0.182. The van der Waals surface area contributed by atoms with Gasteiger partial charge in [-0.05, 0) is 53.9 Å². The maximum Gasteiger partial charge on any atom is 0.352 e. The zero-order chi connectivity index (χ0) is 22.4. The van der Waals surface area contributed by atoms with Crippen LogP contribution < -0.4 is 16.6 Å². The number of fused-ring (bicyclic) bond motifs is 3. The van der Waals surface area contributed by atoms with Gasteiger partial charge in [0.2, 0.25) is 11.7 Å². The van der Waals surface area contributed by atoms with E-state index in [9.17, 15) is 14.4 Å². The van der Waals surface area contributed by atoms with E-state index >= 15 is 0 Å². The number of carbonyl (C=O) groups is 1. The highest BCUT2D eigenvalue weighted by Crippen LogP contribution is 2.19. The normalized spacial score (nSPS) is 11.4. The molecule has 0 saturated heterocycles. The summed E-state index contributed by atoms with van der Waals surface area (Å²) < 4.78 is 4.49. The Morgan fingerprint density at radius 2 is 1.94 bits per heavy atom. The van der Waals surface area contributed by atoms with Crippen LogP contribution in [0.25, 0.3) is 16.0 Å². The van der Waals surface area contributed by atoms with Gasteiger partial charge in [-0.1, -0.05) is 18.2 Å². The number of amides is 1. The molecule has 5 aromatic rings. The van der Waals surface area contributed by atoms with Gasteiger partial charge in [-0.15, -0.1) is 27.8 Å². The molecule has 8 nitrogen and oxygen atoms in total. The lowest BCUT2D eigenvalue weighted by atomic mass is 10.1. The fourth-order valence-electron chi connectivity index (χ4n) is 3.63. The number of nitrogens with one attached hydrogen (secondary N) is 1. The van der Waals surface area contributed by atoms with Crippen LogP contribution in [0.4, 0.5) is 5.69 Å². The van der Waals surface area contributed by atoms with E-state index < -0.39 is 5.69 Å². The van der Waals surface area contributed by atoms with Crippen LogP contribution in [0.2, 0.25) is 0 Å². The second kappa shape index (κ2) is 7.88. The topological polar surface area (TPSA) is 90.4 Å². The Morgan fingerprint density at radius 3 is 2.72 bits per heavy atom. The molecule has 0 atom stereocenters. The van der Waals surface area contributed by atoms with Crippen LogP contribution in [-0.2, 0) is 17.9 Å². The lowest BCUT2D eigenvalue weighted by molar-refractivity contribution is -0.117. The van der Waals surface area contributed by atoms with Gasteiger partial charge in [0.1, 0.15) is 11.2 Å². The summed E-state index contributed by atoms with van der Waals surface area (Å²) in [7, 11) is 0. The van der Waals surface area contributed by atoms with Crippen molar-refractivity contribution in [3.8, 4) is 0 Å². The fourth-order valence-corrected chi connectivity index (χ4v) is 5.15. The van der Waals surface area contributed by atoms with E-state index in [0.717, 1.165) is 20.7 Å². The highest BCUT2D eigenvalue weighted by molar-refractivity contribution is 7.17. The molecule has 4 aromatic heterocycles. The predicted octanol–water partition coefficient (Wildman–Crippen LogP) is 3.24. The molecule has 0 aliphatic carbocycles. The van der Waals surface area contributed by atoms with Gasteiger partial charge >= 0.3 is 5.69 Å². The van der Waals surface area contributed by atoms with Crippen molar-refractivity contribution < 1.29 is 4.79 Å². The third-order valence-corrected chi connectivity index (χ3v) is 7.00. The van der Waals surface area contributed by atoms with Gasteiger partial charge in [0.25, 0.3) is 5.56 Å². The summed E-state index contributed by atoms with van der Waals surface area (Å²) in [5, 5.41) is 10.9.